The van der Waals surface area contributed by atoms with E-state index >= 15 is 0 Å². The third-order valence-electron chi connectivity index (χ3n) is 11.7. The largest absolute Gasteiger partial charge is 0.402 e. The highest BCUT2D eigenvalue weighted by Crippen LogP contribution is 2.54. The van der Waals surface area contributed by atoms with E-state index in [1.54, 1.807) is 42.2 Å². The minimum atomic E-state index is -4.78. The normalized spacial score (nSPS) is 20.2. The molecule has 0 radical (unpaired) electrons. The number of halogens is 14. The van der Waals surface area contributed by atoms with E-state index in [0.717, 1.165) is 27.7 Å². The molecule has 0 aliphatic carbocycles. The number of carbonyl (C=O) groups is 2. The van der Waals surface area contributed by atoms with Crippen molar-refractivity contribution in [2.24, 2.45) is 0 Å². The Bertz CT molecular complexity index is 2310. The van der Waals surface area contributed by atoms with Crippen LogP contribution in [0.5, 0.6) is 0 Å². The zero-order valence-corrected chi connectivity index (χ0v) is 41.3. The minimum absolute atomic E-state index is 0.0000320. The topological polar surface area (TPSA) is 60.9 Å². The number of benzene rings is 4. The van der Waals surface area contributed by atoms with E-state index in [1.165, 1.54) is 17.0 Å². The highest BCUT2D eigenvalue weighted by molar-refractivity contribution is 9.10. The monoisotopic (exact) mass is 1130 g/mol. The number of ketones is 2. The fourth-order valence-corrected chi connectivity index (χ4v) is 10.2. The van der Waals surface area contributed by atoms with Crippen LogP contribution in [0.3, 0.4) is 0 Å². The Hall–Kier alpha value is -1.94. The lowest BCUT2D eigenvalue weighted by Gasteiger charge is -2.37. The lowest BCUT2D eigenvalue weighted by atomic mass is 9.77. The maximum atomic E-state index is 14.4. The SMILES string of the molecule is CCC(=O)CCc1ccc(N2CCC(c3cc(Cl)c(Cl)c(Cl)c3)(C(F)(F)F)C2)cc1Br.CCC(=O)CCc1ccc(N2CCC(c3cc(Cl)c(Cl)c(Cl)c3)(C(F)(F)F)C2O)cc1Br. The number of rotatable bonds is 12. The second kappa shape index (κ2) is 20.9. The van der Waals surface area contributed by atoms with Crippen molar-refractivity contribution >= 4 is 124 Å². The molecule has 2 aliphatic heterocycles. The number of Topliss-reactive ketones (excluding diaryl/α,β-unsaturated/α-hetero) is 2. The zero-order chi connectivity index (χ0) is 46.8. The molecule has 0 amide bonds. The molecule has 342 valence electrons. The number of nitrogens with zero attached hydrogens (tertiary/aromatic N) is 2. The summed E-state index contributed by atoms with van der Waals surface area (Å²) in [5, 5.41) is 10.8. The molecule has 0 bridgehead atoms. The summed E-state index contributed by atoms with van der Waals surface area (Å²) in [6, 6.07) is 15.2. The Balaban J connectivity index is 0.000000238. The van der Waals surface area contributed by atoms with E-state index in [1.807, 2.05) is 13.0 Å². The van der Waals surface area contributed by atoms with E-state index in [4.69, 9.17) is 69.6 Å². The van der Waals surface area contributed by atoms with Gasteiger partial charge in [0, 0.05) is 65.6 Å². The standard InChI is InChI=1S/C22H20BrCl3F3NO2.C22H20BrCl3F3NO/c1-2-15(31)6-4-12-3-5-14(11-16(12)23)30-8-7-21(20(30)32,22(27,28)29)13-9-17(24)19(26)18(25)10-13;1-2-16(31)6-4-13-3-5-15(11-17(13)23)30-8-7-21(12-30,22(27,28)29)14-9-18(24)20(26)19(25)10-14/h3,5,9-11,20,32H,2,4,6-8H2,1H3;3,5,9-11H,2,4,6-8,12H2,1H3. The second-order valence-electron chi connectivity index (χ2n) is 15.4. The molecular weight excluding hydrogens is 1090 g/mol. The fourth-order valence-electron chi connectivity index (χ4n) is 7.89. The second-order valence-corrected chi connectivity index (χ2v) is 19.5. The summed E-state index contributed by atoms with van der Waals surface area (Å²) < 4.78 is 87.6. The van der Waals surface area contributed by atoms with Gasteiger partial charge in [0.05, 0.1) is 30.1 Å². The van der Waals surface area contributed by atoms with Gasteiger partial charge in [-0.2, -0.15) is 26.3 Å². The number of aryl methyl sites for hydroxylation is 2. The van der Waals surface area contributed by atoms with Crippen molar-refractivity contribution in [3.63, 3.8) is 0 Å². The molecule has 63 heavy (non-hydrogen) atoms. The fraction of sp³-hybridized carbons (Fsp3) is 0.409. The maximum Gasteiger partial charge on any atom is 0.402 e. The van der Waals surface area contributed by atoms with E-state index in [9.17, 15) is 41.0 Å². The van der Waals surface area contributed by atoms with Crippen LogP contribution in [0.25, 0.3) is 0 Å². The van der Waals surface area contributed by atoms with Crippen LogP contribution in [0.15, 0.2) is 69.6 Å². The van der Waals surface area contributed by atoms with Crippen LogP contribution >= 0.6 is 101 Å². The highest BCUT2D eigenvalue weighted by atomic mass is 79.9. The Labute approximate surface area is 408 Å². The van der Waals surface area contributed by atoms with Crippen LogP contribution in [-0.4, -0.2) is 54.9 Å². The summed E-state index contributed by atoms with van der Waals surface area (Å²) >= 11 is 42.9. The van der Waals surface area contributed by atoms with E-state index < -0.39 is 35.8 Å². The molecule has 0 spiro atoms. The third-order valence-corrected chi connectivity index (χ3v) is 15.6. The minimum Gasteiger partial charge on any atom is -0.372 e. The summed E-state index contributed by atoms with van der Waals surface area (Å²) in [6.45, 7) is 3.53. The van der Waals surface area contributed by atoms with Crippen molar-refractivity contribution in [3.8, 4) is 0 Å². The number of aliphatic hydroxyl groups excluding tert-OH is 1. The average Bonchev–Trinajstić information content (AvgIpc) is 3.84. The first-order valence-electron chi connectivity index (χ1n) is 19.6. The molecule has 2 saturated heterocycles. The van der Waals surface area contributed by atoms with Gasteiger partial charge in [0.15, 0.2) is 0 Å². The Kier molecular flexibility index (Phi) is 17.3. The van der Waals surface area contributed by atoms with Crippen molar-refractivity contribution < 1.29 is 41.0 Å². The number of aliphatic hydroxyl groups is 1. The number of anilines is 2. The van der Waals surface area contributed by atoms with Crippen molar-refractivity contribution in [2.75, 3.05) is 29.4 Å². The Morgan fingerprint density at radius 1 is 0.667 bits per heavy atom. The average molecular weight is 1130 g/mol. The summed E-state index contributed by atoms with van der Waals surface area (Å²) in [6.07, 6.45) is -8.84. The first kappa shape index (κ1) is 52.0. The highest BCUT2D eigenvalue weighted by Gasteiger charge is 2.65. The van der Waals surface area contributed by atoms with Crippen molar-refractivity contribution in [1.29, 1.82) is 0 Å². The molecule has 6 rings (SSSR count). The molecule has 19 heteroatoms. The lowest BCUT2D eigenvalue weighted by molar-refractivity contribution is -0.210. The predicted molar refractivity (Wildman–Crippen MR) is 249 cm³/mol. The summed E-state index contributed by atoms with van der Waals surface area (Å²) in [7, 11) is 0. The molecule has 4 aromatic carbocycles. The van der Waals surface area contributed by atoms with Gasteiger partial charge < -0.3 is 14.9 Å². The first-order chi connectivity index (χ1) is 29.4. The zero-order valence-electron chi connectivity index (χ0n) is 33.6. The number of carbonyl (C=O) groups excluding carboxylic acids is 2. The van der Waals surface area contributed by atoms with Gasteiger partial charge in [-0.05, 0) is 96.5 Å². The van der Waals surface area contributed by atoms with Gasteiger partial charge in [0.2, 0.25) is 0 Å². The van der Waals surface area contributed by atoms with Gasteiger partial charge >= 0.3 is 12.4 Å². The quantitative estimate of drug-likeness (QED) is 0.113. The molecule has 5 nitrogen and oxygen atoms in total. The van der Waals surface area contributed by atoms with Gasteiger partial charge in [0.25, 0.3) is 0 Å². The van der Waals surface area contributed by atoms with Crippen molar-refractivity contribution in [2.45, 2.75) is 94.6 Å². The number of hydrogen-bond acceptors (Lipinski definition) is 5. The third kappa shape index (κ3) is 11.1. The maximum absolute atomic E-state index is 14.4. The van der Waals surface area contributed by atoms with Gasteiger partial charge in [-0.25, -0.2) is 0 Å². The van der Waals surface area contributed by atoms with E-state index in [2.05, 4.69) is 31.9 Å². The molecule has 2 aliphatic rings. The van der Waals surface area contributed by atoms with Crippen LogP contribution in [0.1, 0.15) is 74.6 Å². The smallest absolute Gasteiger partial charge is 0.372 e. The van der Waals surface area contributed by atoms with Crippen LogP contribution < -0.4 is 9.80 Å². The molecule has 2 heterocycles. The molecular formula is C44H40Br2Cl6F6N2O3. The number of alkyl halides is 6. The predicted octanol–water partition coefficient (Wildman–Crippen LogP) is 15.4. The molecule has 1 N–H and O–H groups in total. The summed E-state index contributed by atoms with van der Waals surface area (Å²) in [4.78, 5) is 26.2. The van der Waals surface area contributed by atoms with Crippen LogP contribution in [0.4, 0.5) is 37.7 Å². The molecule has 0 aromatic heterocycles. The molecule has 0 saturated carbocycles. The Morgan fingerprint density at radius 2 is 1.11 bits per heavy atom. The lowest BCUT2D eigenvalue weighted by Crippen LogP contribution is -2.52. The molecule has 3 unspecified atom stereocenters. The number of hydrogen-bond donors (Lipinski definition) is 1. The van der Waals surface area contributed by atoms with Gasteiger partial charge in [-0.1, -0.05) is 127 Å². The molecule has 3 atom stereocenters. The molecule has 2 fully saturated rings. The van der Waals surface area contributed by atoms with Crippen molar-refractivity contribution in [3.05, 3.63) is 122 Å². The van der Waals surface area contributed by atoms with Crippen LogP contribution in [-0.2, 0) is 33.3 Å². The van der Waals surface area contributed by atoms with Gasteiger partial charge in [-0.3, -0.25) is 9.59 Å². The van der Waals surface area contributed by atoms with Crippen molar-refractivity contribution in [1.82, 2.24) is 0 Å². The van der Waals surface area contributed by atoms with Crippen LogP contribution in [0.2, 0.25) is 30.1 Å². The Morgan fingerprint density at radius 3 is 1.54 bits per heavy atom. The van der Waals surface area contributed by atoms with Crippen LogP contribution in [0, 0.1) is 0 Å². The van der Waals surface area contributed by atoms with Gasteiger partial charge in [-0.15, -0.1) is 0 Å². The molecule has 4 aromatic rings. The first-order valence-corrected chi connectivity index (χ1v) is 23.5. The van der Waals surface area contributed by atoms with E-state index in [-0.39, 0.29) is 78.9 Å². The summed E-state index contributed by atoms with van der Waals surface area (Å²) in [5.41, 5.74) is -2.02. The van der Waals surface area contributed by atoms with E-state index in [0.29, 0.717) is 54.4 Å². The van der Waals surface area contributed by atoms with Gasteiger partial charge in [0.1, 0.15) is 28.6 Å². The summed E-state index contributed by atoms with van der Waals surface area (Å²) in [5.74, 6) is 0.303.